The Kier molecular flexibility index (Phi) is 4.35. The van der Waals surface area contributed by atoms with Gasteiger partial charge in [0.15, 0.2) is 17.1 Å². The highest BCUT2D eigenvalue weighted by atomic mass is 19.2. The van der Waals surface area contributed by atoms with Crippen LogP contribution >= 0.6 is 0 Å². The average molecular weight is 368 g/mol. The molecule has 1 aliphatic carbocycles. The number of hydrogen-bond acceptors (Lipinski definition) is 5. The van der Waals surface area contributed by atoms with Crippen LogP contribution in [-0.4, -0.2) is 49.8 Å². The molecule has 7 nitrogen and oxygen atoms in total. The predicted octanol–water partition coefficient (Wildman–Crippen LogP) is 2.07. The van der Waals surface area contributed by atoms with Crippen molar-refractivity contribution in [3.63, 3.8) is 0 Å². The summed E-state index contributed by atoms with van der Waals surface area (Å²) in [7, 11) is 1.51. The summed E-state index contributed by atoms with van der Waals surface area (Å²) < 4.78 is 27.7. The van der Waals surface area contributed by atoms with Gasteiger partial charge < -0.3 is 15.3 Å². The quantitative estimate of drug-likeness (QED) is 0.706. The smallest absolute Gasteiger partial charge is 0.344 e. The Labute approximate surface area is 147 Å². The van der Waals surface area contributed by atoms with Crippen molar-refractivity contribution in [3.05, 3.63) is 40.7 Å². The number of halogens is 2. The first-order chi connectivity index (χ1) is 12.2. The molecule has 0 radical (unpaired) electrons. The number of phenols is 1. The van der Waals surface area contributed by atoms with Crippen molar-refractivity contribution in [1.29, 1.82) is 0 Å². The number of benzene rings is 1. The molecule has 1 fully saturated rings. The number of rotatable bonds is 3. The van der Waals surface area contributed by atoms with E-state index >= 15 is 0 Å². The Hall–Kier alpha value is -2.68. The van der Waals surface area contributed by atoms with Crippen molar-refractivity contribution < 1.29 is 33.7 Å². The Morgan fingerprint density at radius 3 is 2.38 bits per heavy atom. The summed E-state index contributed by atoms with van der Waals surface area (Å²) in [6.45, 7) is -0.440. The molecule has 26 heavy (non-hydrogen) atoms. The van der Waals surface area contributed by atoms with Crippen LogP contribution in [-0.2, 0) is 16.1 Å². The van der Waals surface area contributed by atoms with Gasteiger partial charge in [0, 0.05) is 12.6 Å². The first kappa shape index (κ1) is 18.1. The number of hydrogen-bond donors (Lipinski definition) is 3. The molecule has 1 heterocycles. The molecule has 0 saturated heterocycles. The number of carbonyl (C=O) groups is 2. The second-order valence-corrected chi connectivity index (χ2v) is 6.53. The lowest BCUT2D eigenvalue weighted by molar-refractivity contribution is -0.165. The van der Waals surface area contributed by atoms with Crippen LogP contribution in [0.3, 0.4) is 0 Å². The Balaban J connectivity index is 2.06. The molecular weight excluding hydrogens is 350 g/mol. The number of hydrazine groups is 1. The van der Waals surface area contributed by atoms with Gasteiger partial charge in [-0.3, -0.25) is 9.80 Å². The van der Waals surface area contributed by atoms with Gasteiger partial charge in [-0.1, -0.05) is 18.9 Å². The number of aliphatic hydroxyl groups is 1. The van der Waals surface area contributed by atoms with Gasteiger partial charge in [-0.25, -0.2) is 14.2 Å². The minimum atomic E-state index is -1.57. The van der Waals surface area contributed by atoms with Crippen molar-refractivity contribution in [2.45, 2.75) is 37.8 Å². The van der Waals surface area contributed by atoms with Gasteiger partial charge in [0.1, 0.15) is 5.76 Å². The van der Waals surface area contributed by atoms with Crippen LogP contribution in [0, 0.1) is 11.6 Å². The number of carboxylic acid groups (broad SMARTS) is 1. The van der Waals surface area contributed by atoms with Crippen LogP contribution in [0.5, 0.6) is 5.75 Å². The molecule has 3 N–H and O–H groups in total. The lowest BCUT2D eigenvalue weighted by atomic mass is 9.88. The van der Waals surface area contributed by atoms with Crippen LogP contribution < -0.4 is 0 Å². The van der Waals surface area contributed by atoms with E-state index in [2.05, 4.69) is 0 Å². The van der Waals surface area contributed by atoms with E-state index < -0.39 is 52.7 Å². The van der Waals surface area contributed by atoms with Crippen molar-refractivity contribution in [2.75, 3.05) is 7.05 Å². The molecular formula is C17H18F2N2O5. The van der Waals surface area contributed by atoms with Gasteiger partial charge in [0.25, 0.3) is 5.91 Å². The number of phenolic OH excluding ortho intramolecular Hbond substituents is 1. The molecule has 0 unspecified atom stereocenters. The third-order valence-electron chi connectivity index (χ3n) is 5.21. The molecule has 1 amide bonds. The molecule has 1 aliphatic heterocycles. The number of nitrogens with zero attached hydrogens (tertiary/aromatic N) is 2. The summed E-state index contributed by atoms with van der Waals surface area (Å²) >= 11 is 0. The Bertz CT molecular complexity index is 818. The Morgan fingerprint density at radius 1 is 1.19 bits per heavy atom. The maximum atomic E-state index is 14.1. The van der Waals surface area contributed by atoms with Crippen molar-refractivity contribution in [2.24, 2.45) is 0 Å². The summed E-state index contributed by atoms with van der Waals surface area (Å²) in [5.74, 6) is -6.70. The lowest BCUT2D eigenvalue weighted by Gasteiger charge is -2.48. The van der Waals surface area contributed by atoms with Crippen LogP contribution in [0.2, 0.25) is 0 Å². The fraction of sp³-hybridized carbons (Fsp3) is 0.412. The maximum Gasteiger partial charge on any atom is 0.344 e. The molecule has 9 heteroatoms. The molecule has 1 saturated carbocycles. The molecule has 1 aromatic rings. The molecule has 140 valence electrons. The van der Waals surface area contributed by atoms with E-state index in [0.717, 1.165) is 30.0 Å². The number of aromatic hydroxyl groups is 1. The standard InChI is InChI=1S/C17H18F2N2O5/c1-20-17(6-2-3-7-17)14(23)11(16(25)26)15(24)21(20)8-9-4-5-10(22)13(19)12(9)18/h4-5,22-23H,2-3,6-8H2,1H3,(H,25,26). The number of aliphatic hydroxyl groups excluding tert-OH is 1. The van der Waals surface area contributed by atoms with Crippen LogP contribution in [0.4, 0.5) is 8.78 Å². The number of amides is 1. The molecule has 2 aliphatic rings. The normalized spacial score (nSPS) is 20.3. The van der Waals surface area contributed by atoms with Crippen LogP contribution in [0.25, 0.3) is 0 Å². The average Bonchev–Trinajstić information content (AvgIpc) is 3.08. The summed E-state index contributed by atoms with van der Waals surface area (Å²) in [6.07, 6.45) is 2.32. The maximum absolute atomic E-state index is 14.1. The van der Waals surface area contributed by atoms with E-state index in [1.54, 1.807) is 0 Å². The zero-order valence-corrected chi connectivity index (χ0v) is 14.0. The van der Waals surface area contributed by atoms with Crippen molar-refractivity contribution in [1.82, 2.24) is 10.0 Å². The number of aliphatic carboxylic acids is 1. The fourth-order valence-corrected chi connectivity index (χ4v) is 3.74. The summed E-state index contributed by atoms with van der Waals surface area (Å²) in [4.78, 5) is 24.1. The second-order valence-electron chi connectivity index (χ2n) is 6.53. The Morgan fingerprint density at radius 2 is 1.81 bits per heavy atom. The van der Waals surface area contributed by atoms with Gasteiger partial charge in [0.05, 0.1) is 12.1 Å². The number of carboxylic acids is 1. The minimum absolute atomic E-state index is 0.222. The first-order valence-corrected chi connectivity index (χ1v) is 8.09. The molecule has 0 aromatic heterocycles. The van der Waals surface area contributed by atoms with Crippen molar-refractivity contribution in [3.8, 4) is 5.75 Å². The van der Waals surface area contributed by atoms with E-state index in [9.17, 15) is 33.7 Å². The van der Waals surface area contributed by atoms with E-state index in [1.165, 1.54) is 12.1 Å². The first-order valence-electron chi connectivity index (χ1n) is 8.09. The van der Waals surface area contributed by atoms with Gasteiger partial charge in [-0.05, 0) is 18.9 Å². The summed E-state index contributed by atoms with van der Waals surface area (Å²) in [6, 6.07) is 2.08. The van der Waals surface area contributed by atoms with Gasteiger partial charge in [-0.15, -0.1) is 0 Å². The molecule has 0 atom stereocenters. The zero-order valence-electron chi connectivity index (χ0n) is 14.0. The largest absolute Gasteiger partial charge is 0.509 e. The highest BCUT2D eigenvalue weighted by molar-refractivity contribution is 6.16. The second kappa shape index (κ2) is 6.24. The highest BCUT2D eigenvalue weighted by Crippen LogP contribution is 2.44. The molecule has 1 aromatic carbocycles. The third kappa shape index (κ3) is 2.50. The van der Waals surface area contributed by atoms with Gasteiger partial charge in [0.2, 0.25) is 5.82 Å². The van der Waals surface area contributed by atoms with E-state index in [-0.39, 0.29) is 5.56 Å². The van der Waals surface area contributed by atoms with Crippen LogP contribution in [0.1, 0.15) is 31.2 Å². The minimum Gasteiger partial charge on any atom is -0.509 e. The summed E-state index contributed by atoms with van der Waals surface area (Å²) in [5.41, 5.74) is -2.04. The van der Waals surface area contributed by atoms with E-state index in [0.29, 0.717) is 12.8 Å². The van der Waals surface area contributed by atoms with Crippen molar-refractivity contribution >= 4 is 11.9 Å². The predicted molar refractivity (Wildman–Crippen MR) is 84.8 cm³/mol. The molecule has 1 spiro atoms. The number of likely N-dealkylation sites (N-methyl/N-ethyl adjacent to an activating group) is 1. The summed E-state index contributed by atoms with van der Waals surface area (Å²) in [5, 5.41) is 31.5. The van der Waals surface area contributed by atoms with Crippen LogP contribution in [0.15, 0.2) is 23.5 Å². The van der Waals surface area contributed by atoms with Gasteiger partial charge in [-0.2, -0.15) is 4.39 Å². The number of carbonyl (C=O) groups excluding carboxylic acids is 1. The topological polar surface area (TPSA) is 101 Å². The third-order valence-corrected chi connectivity index (χ3v) is 5.21. The zero-order chi connectivity index (χ0) is 19.2. The highest BCUT2D eigenvalue weighted by Gasteiger charge is 2.52. The monoisotopic (exact) mass is 368 g/mol. The van der Waals surface area contributed by atoms with Gasteiger partial charge >= 0.3 is 5.97 Å². The molecule has 3 rings (SSSR count). The van der Waals surface area contributed by atoms with E-state index in [1.807, 2.05) is 0 Å². The fourth-order valence-electron chi connectivity index (χ4n) is 3.74. The molecule has 0 bridgehead atoms. The van der Waals surface area contributed by atoms with E-state index in [4.69, 9.17) is 0 Å². The SMILES string of the molecule is CN1N(Cc2ccc(O)c(F)c2F)C(=O)C(C(=O)O)=C(O)C12CCCC2. The lowest BCUT2D eigenvalue weighted by Crippen LogP contribution is -2.61.